The van der Waals surface area contributed by atoms with Crippen molar-refractivity contribution in [2.24, 2.45) is 0 Å². The van der Waals surface area contributed by atoms with Gasteiger partial charge in [-0.1, -0.05) is 30.0 Å². The molecule has 1 aliphatic heterocycles. The molecule has 2 aromatic carbocycles. The molecule has 1 aromatic heterocycles. The number of para-hydroxylation sites is 1. The zero-order chi connectivity index (χ0) is 21.8. The van der Waals surface area contributed by atoms with Crippen molar-refractivity contribution >= 4 is 29.3 Å². The van der Waals surface area contributed by atoms with Crippen LogP contribution in [-0.4, -0.2) is 52.7 Å². The average molecular weight is 445 g/mol. The number of benzene rings is 2. The van der Waals surface area contributed by atoms with Crippen LogP contribution in [0.3, 0.4) is 0 Å². The van der Waals surface area contributed by atoms with Gasteiger partial charge in [0.2, 0.25) is 11.9 Å². The number of aromatic nitrogens is 3. The second kappa shape index (κ2) is 9.44. The molecular weight excluding hydrogens is 424 g/mol. The second-order valence-corrected chi connectivity index (χ2v) is 7.91. The average Bonchev–Trinajstić information content (AvgIpc) is 3.19. The molecule has 0 bridgehead atoms. The number of rotatable bonds is 6. The predicted octanol–water partition coefficient (Wildman–Crippen LogP) is 3.42. The zero-order valence-corrected chi connectivity index (χ0v) is 17.7. The fourth-order valence-corrected chi connectivity index (χ4v) is 3.99. The summed E-state index contributed by atoms with van der Waals surface area (Å²) in [6.45, 7) is 4.62. The molecule has 1 N–H and O–H groups in total. The molecule has 1 aliphatic rings. The zero-order valence-electron chi connectivity index (χ0n) is 16.8. The number of hydrogen-bond acceptors (Lipinski definition) is 6. The molecule has 1 fully saturated rings. The van der Waals surface area contributed by atoms with E-state index in [2.05, 4.69) is 20.4 Å². The van der Waals surface area contributed by atoms with Gasteiger partial charge in [-0.05, 0) is 30.7 Å². The van der Waals surface area contributed by atoms with Gasteiger partial charge in [-0.2, -0.15) is 0 Å². The Hall–Kier alpha value is -2.98. The molecular formula is C21H21F2N5O2S. The van der Waals surface area contributed by atoms with Crippen LogP contribution in [0.25, 0.3) is 5.69 Å². The van der Waals surface area contributed by atoms with Crippen molar-refractivity contribution in [1.82, 2.24) is 14.8 Å². The van der Waals surface area contributed by atoms with Crippen LogP contribution in [0, 0.1) is 18.6 Å². The van der Waals surface area contributed by atoms with Gasteiger partial charge >= 0.3 is 0 Å². The number of morpholine rings is 1. The lowest BCUT2D eigenvalue weighted by Gasteiger charge is -2.28. The minimum Gasteiger partial charge on any atom is -0.378 e. The number of anilines is 2. The van der Waals surface area contributed by atoms with E-state index in [1.54, 1.807) is 0 Å². The normalized spacial score (nSPS) is 14.0. The first kappa shape index (κ1) is 21.3. The fraction of sp³-hybridized carbons (Fsp3) is 0.286. The van der Waals surface area contributed by atoms with Crippen LogP contribution in [0.2, 0.25) is 0 Å². The number of nitrogens with one attached hydrogen (secondary N) is 1. The van der Waals surface area contributed by atoms with Crippen molar-refractivity contribution in [3.05, 3.63) is 59.7 Å². The first-order valence-corrected chi connectivity index (χ1v) is 10.7. The predicted molar refractivity (Wildman–Crippen MR) is 115 cm³/mol. The maximum atomic E-state index is 13.4. The Balaban J connectivity index is 1.55. The molecule has 162 valence electrons. The fourth-order valence-electron chi connectivity index (χ4n) is 3.25. The summed E-state index contributed by atoms with van der Waals surface area (Å²) in [6.07, 6.45) is 0. The number of carbonyl (C=O) groups is 1. The summed E-state index contributed by atoms with van der Waals surface area (Å²) >= 11 is 1.22. The first-order chi connectivity index (χ1) is 15.0. The molecule has 0 atom stereocenters. The van der Waals surface area contributed by atoms with Crippen molar-refractivity contribution in [3.8, 4) is 5.69 Å². The van der Waals surface area contributed by atoms with E-state index in [1.165, 1.54) is 17.8 Å². The monoisotopic (exact) mass is 445 g/mol. The maximum Gasteiger partial charge on any atom is 0.234 e. The van der Waals surface area contributed by atoms with Crippen LogP contribution in [0.15, 0.2) is 47.6 Å². The number of amides is 1. The Bertz CT molecular complexity index is 1090. The SMILES string of the molecule is Cc1ccccc1-n1c(SCC(=O)Nc2ccc(F)c(F)c2)nnc1N1CCOCC1. The van der Waals surface area contributed by atoms with Gasteiger partial charge in [-0.15, -0.1) is 10.2 Å². The van der Waals surface area contributed by atoms with Gasteiger partial charge < -0.3 is 15.0 Å². The number of ether oxygens (including phenoxy) is 1. The highest BCUT2D eigenvalue weighted by Gasteiger charge is 2.23. The van der Waals surface area contributed by atoms with E-state index in [4.69, 9.17) is 4.74 Å². The molecule has 0 aliphatic carbocycles. The van der Waals surface area contributed by atoms with E-state index in [-0.39, 0.29) is 17.3 Å². The third kappa shape index (κ3) is 4.86. The van der Waals surface area contributed by atoms with Crippen LogP contribution < -0.4 is 10.2 Å². The Labute approximate surface area is 182 Å². The van der Waals surface area contributed by atoms with Gasteiger partial charge in [0.1, 0.15) is 0 Å². The minimum absolute atomic E-state index is 0.0339. The summed E-state index contributed by atoms with van der Waals surface area (Å²) in [4.78, 5) is 14.5. The molecule has 2 heterocycles. The summed E-state index contributed by atoms with van der Waals surface area (Å²) in [6, 6.07) is 11.1. The van der Waals surface area contributed by atoms with Crippen LogP contribution >= 0.6 is 11.8 Å². The van der Waals surface area contributed by atoms with Crippen molar-refractivity contribution in [1.29, 1.82) is 0 Å². The third-order valence-corrected chi connectivity index (χ3v) is 5.73. The van der Waals surface area contributed by atoms with Gasteiger partial charge in [0.25, 0.3) is 0 Å². The minimum atomic E-state index is -1.01. The van der Waals surface area contributed by atoms with Gasteiger partial charge in [-0.25, -0.2) is 8.78 Å². The summed E-state index contributed by atoms with van der Waals surface area (Å²) in [5.41, 5.74) is 2.17. The largest absolute Gasteiger partial charge is 0.378 e. The lowest BCUT2D eigenvalue weighted by Crippen LogP contribution is -2.38. The van der Waals surface area contributed by atoms with Gasteiger partial charge in [-0.3, -0.25) is 9.36 Å². The lowest BCUT2D eigenvalue weighted by molar-refractivity contribution is -0.113. The van der Waals surface area contributed by atoms with Crippen molar-refractivity contribution in [2.75, 3.05) is 42.3 Å². The Morgan fingerprint density at radius 2 is 1.90 bits per heavy atom. The number of nitrogens with zero attached hydrogens (tertiary/aromatic N) is 4. The van der Waals surface area contributed by atoms with Crippen molar-refractivity contribution in [2.45, 2.75) is 12.1 Å². The number of aryl methyl sites for hydroxylation is 1. The van der Waals surface area contributed by atoms with E-state index in [0.717, 1.165) is 23.4 Å². The first-order valence-electron chi connectivity index (χ1n) is 9.75. The molecule has 1 saturated heterocycles. The van der Waals surface area contributed by atoms with Crippen LogP contribution in [0.5, 0.6) is 0 Å². The molecule has 4 rings (SSSR count). The summed E-state index contributed by atoms with van der Waals surface area (Å²) in [5.74, 6) is -1.61. The Kier molecular flexibility index (Phi) is 6.47. The highest BCUT2D eigenvalue weighted by molar-refractivity contribution is 7.99. The molecule has 3 aromatic rings. The van der Waals surface area contributed by atoms with E-state index in [0.29, 0.717) is 37.4 Å². The van der Waals surface area contributed by atoms with Gasteiger partial charge in [0.05, 0.1) is 24.7 Å². The van der Waals surface area contributed by atoms with E-state index in [9.17, 15) is 13.6 Å². The van der Waals surface area contributed by atoms with Crippen LogP contribution in [-0.2, 0) is 9.53 Å². The smallest absolute Gasteiger partial charge is 0.234 e. The highest BCUT2D eigenvalue weighted by atomic mass is 32.2. The molecule has 31 heavy (non-hydrogen) atoms. The number of thioether (sulfide) groups is 1. The second-order valence-electron chi connectivity index (χ2n) is 6.97. The highest BCUT2D eigenvalue weighted by Crippen LogP contribution is 2.29. The van der Waals surface area contributed by atoms with E-state index < -0.39 is 11.6 Å². The molecule has 0 spiro atoms. The van der Waals surface area contributed by atoms with Crippen LogP contribution in [0.4, 0.5) is 20.4 Å². The van der Waals surface area contributed by atoms with Crippen LogP contribution in [0.1, 0.15) is 5.56 Å². The maximum absolute atomic E-state index is 13.4. The van der Waals surface area contributed by atoms with Crippen molar-refractivity contribution in [3.63, 3.8) is 0 Å². The molecule has 1 amide bonds. The van der Waals surface area contributed by atoms with Crippen molar-refractivity contribution < 1.29 is 18.3 Å². The molecule has 10 heteroatoms. The molecule has 0 radical (unpaired) electrons. The summed E-state index contributed by atoms with van der Waals surface area (Å²) < 4.78 is 33.8. The van der Waals surface area contributed by atoms with E-state index in [1.807, 2.05) is 35.8 Å². The number of carbonyl (C=O) groups excluding carboxylic acids is 1. The standard InChI is InChI=1S/C21H21F2N5O2S/c1-14-4-2-3-5-18(14)28-20(27-8-10-30-11-9-27)25-26-21(28)31-13-19(29)24-15-6-7-16(22)17(23)12-15/h2-7,12H,8-11,13H2,1H3,(H,24,29). The Morgan fingerprint density at radius 3 is 2.65 bits per heavy atom. The number of halogens is 2. The summed E-state index contributed by atoms with van der Waals surface area (Å²) in [5, 5.41) is 11.8. The topological polar surface area (TPSA) is 72.3 Å². The quantitative estimate of drug-likeness (QED) is 0.587. The van der Waals surface area contributed by atoms with Gasteiger partial charge in [0.15, 0.2) is 16.8 Å². The molecule has 0 unspecified atom stereocenters. The summed E-state index contributed by atoms with van der Waals surface area (Å²) in [7, 11) is 0. The van der Waals surface area contributed by atoms with E-state index >= 15 is 0 Å². The lowest BCUT2D eigenvalue weighted by atomic mass is 10.2. The van der Waals surface area contributed by atoms with Gasteiger partial charge in [0, 0.05) is 24.8 Å². The third-order valence-electron chi connectivity index (χ3n) is 4.80. The molecule has 0 saturated carbocycles. The Morgan fingerprint density at radius 1 is 1.13 bits per heavy atom. The number of hydrogen-bond donors (Lipinski definition) is 1. The molecule has 7 nitrogen and oxygen atoms in total.